The second-order valence-corrected chi connectivity index (χ2v) is 8.10. The molecule has 21 heavy (non-hydrogen) atoms. The van der Waals surface area contributed by atoms with E-state index in [2.05, 4.69) is 49.9 Å². The topological polar surface area (TPSA) is 18.5 Å². The molecule has 0 bridgehead atoms. The standard InChI is InChI=1S/C18H37N3/c1-14(2)11-19-12-18(15(3)4)21-10-8-17-16(13-21)7-6-9-20(17)5/h14-19H,6-13H2,1-5H3. The molecule has 0 amide bonds. The molecule has 124 valence electrons. The van der Waals surface area contributed by atoms with Crippen molar-refractivity contribution >= 4 is 0 Å². The summed E-state index contributed by atoms with van der Waals surface area (Å²) in [6, 6.07) is 1.56. The van der Waals surface area contributed by atoms with Gasteiger partial charge in [-0.3, -0.25) is 4.90 Å². The smallest absolute Gasteiger partial charge is 0.0243 e. The van der Waals surface area contributed by atoms with Crippen molar-refractivity contribution in [3.63, 3.8) is 0 Å². The highest BCUT2D eigenvalue weighted by molar-refractivity contribution is 4.92. The van der Waals surface area contributed by atoms with Gasteiger partial charge in [-0.05, 0) is 57.2 Å². The Kier molecular flexibility index (Phi) is 6.51. The number of hydrogen-bond donors (Lipinski definition) is 1. The maximum absolute atomic E-state index is 3.69. The molecule has 0 spiro atoms. The summed E-state index contributed by atoms with van der Waals surface area (Å²) in [6.07, 6.45) is 4.20. The van der Waals surface area contributed by atoms with E-state index in [1.54, 1.807) is 0 Å². The van der Waals surface area contributed by atoms with E-state index < -0.39 is 0 Å². The van der Waals surface area contributed by atoms with E-state index >= 15 is 0 Å². The lowest BCUT2D eigenvalue weighted by molar-refractivity contribution is 0.0105. The molecule has 1 N–H and O–H groups in total. The lowest BCUT2D eigenvalue weighted by Crippen LogP contribution is -2.57. The van der Waals surface area contributed by atoms with Gasteiger partial charge in [-0.2, -0.15) is 0 Å². The Morgan fingerprint density at radius 3 is 2.48 bits per heavy atom. The van der Waals surface area contributed by atoms with E-state index in [4.69, 9.17) is 0 Å². The zero-order valence-electron chi connectivity index (χ0n) is 14.9. The van der Waals surface area contributed by atoms with Crippen LogP contribution in [0.5, 0.6) is 0 Å². The monoisotopic (exact) mass is 295 g/mol. The molecule has 2 saturated heterocycles. The van der Waals surface area contributed by atoms with Gasteiger partial charge in [0.2, 0.25) is 0 Å². The second-order valence-electron chi connectivity index (χ2n) is 8.10. The zero-order valence-corrected chi connectivity index (χ0v) is 14.9. The summed E-state index contributed by atoms with van der Waals surface area (Å²) in [5, 5.41) is 3.69. The number of piperidine rings is 2. The number of nitrogens with one attached hydrogen (secondary N) is 1. The van der Waals surface area contributed by atoms with Gasteiger partial charge < -0.3 is 10.2 Å². The molecule has 3 unspecified atom stereocenters. The predicted octanol–water partition coefficient (Wildman–Crippen LogP) is 2.67. The molecule has 2 rings (SSSR count). The summed E-state index contributed by atoms with van der Waals surface area (Å²) in [4.78, 5) is 5.41. The summed E-state index contributed by atoms with van der Waals surface area (Å²) < 4.78 is 0. The van der Waals surface area contributed by atoms with Crippen molar-refractivity contribution in [1.29, 1.82) is 0 Å². The van der Waals surface area contributed by atoms with E-state index in [0.29, 0.717) is 6.04 Å². The van der Waals surface area contributed by atoms with E-state index in [1.165, 1.54) is 38.9 Å². The summed E-state index contributed by atoms with van der Waals surface area (Å²) in [5.41, 5.74) is 0. The average molecular weight is 296 g/mol. The van der Waals surface area contributed by atoms with Crippen LogP contribution in [0.3, 0.4) is 0 Å². The van der Waals surface area contributed by atoms with E-state index in [1.807, 2.05) is 0 Å². The maximum Gasteiger partial charge on any atom is 0.0243 e. The second kappa shape index (κ2) is 7.94. The normalized spacial score (nSPS) is 29.9. The minimum Gasteiger partial charge on any atom is -0.315 e. The molecule has 2 aliphatic heterocycles. The fraction of sp³-hybridized carbons (Fsp3) is 1.00. The minimum atomic E-state index is 0.705. The molecule has 3 atom stereocenters. The highest BCUT2D eigenvalue weighted by atomic mass is 15.2. The van der Waals surface area contributed by atoms with Gasteiger partial charge in [0.15, 0.2) is 0 Å². The van der Waals surface area contributed by atoms with Crippen LogP contribution in [0.25, 0.3) is 0 Å². The lowest BCUT2D eigenvalue weighted by Gasteiger charge is -2.48. The third kappa shape index (κ3) is 4.67. The molecule has 2 fully saturated rings. The van der Waals surface area contributed by atoms with Crippen LogP contribution in [0.15, 0.2) is 0 Å². The Bertz CT molecular complexity index is 303. The number of fused-ring (bicyclic) bond motifs is 1. The molecule has 0 aromatic heterocycles. The Hall–Kier alpha value is -0.120. The molecule has 0 saturated carbocycles. The lowest BCUT2D eigenvalue weighted by atomic mass is 9.83. The van der Waals surface area contributed by atoms with Crippen molar-refractivity contribution in [3.8, 4) is 0 Å². The van der Waals surface area contributed by atoms with Gasteiger partial charge in [0.1, 0.15) is 0 Å². The first-order valence-corrected chi connectivity index (χ1v) is 9.14. The SMILES string of the molecule is CC(C)CNCC(C(C)C)N1CCC2C(CCCN2C)C1. The number of rotatable bonds is 6. The molecule has 3 nitrogen and oxygen atoms in total. The number of hydrogen-bond acceptors (Lipinski definition) is 3. The van der Waals surface area contributed by atoms with E-state index in [9.17, 15) is 0 Å². The Morgan fingerprint density at radius 1 is 1.05 bits per heavy atom. The molecular formula is C18H37N3. The van der Waals surface area contributed by atoms with Crippen LogP contribution in [0.1, 0.15) is 47.0 Å². The van der Waals surface area contributed by atoms with Crippen LogP contribution < -0.4 is 5.32 Å². The van der Waals surface area contributed by atoms with Gasteiger partial charge in [0.25, 0.3) is 0 Å². The first-order chi connectivity index (χ1) is 9.99. The highest BCUT2D eigenvalue weighted by Gasteiger charge is 2.36. The Morgan fingerprint density at radius 2 is 1.81 bits per heavy atom. The van der Waals surface area contributed by atoms with Crippen LogP contribution in [0.2, 0.25) is 0 Å². The zero-order chi connectivity index (χ0) is 15.4. The van der Waals surface area contributed by atoms with Crippen molar-refractivity contribution in [2.24, 2.45) is 17.8 Å². The molecule has 0 aromatic rings. The van der Waals surface area contributed by atoms with Crippen LogP contribution >= 0.6 is 0 Å². The fourth-order valence-corrected chi connectivity index (χ4v) is 4.29. The molecular weight excluding hydrogens is 258 g/mol. The van der Waals surface area contributed by atoms with Gasteiger partial charge in [-0.1, -0.05) is 27.7 Å². The first-order valence-electron chi connectivity index (χ1n) is 9.14. The predicted molar refractivity (Wildman–Crippen MR) is 91.7 cm³/mol. The van der Waals surface area contributed by atoms with Gasteiger partial charge >= 0.3 is 0 Å². The summed E-state index contributed by atoms with van der Waals surface area (Å²) in [6.45, 7) is 15.6. The minimum absolute atomic E-state index is 0.705. The summed E-state index contributed by atoms with van der Waals surface area (Å²) >= 11 is 0. The van der Waals surface area contributed by atoms with Crippen LogP contribution in [-0.4, -0.2) is 61.7 Å². The van der Waals surface area contributed by atoms with Crippen LogP contribution in [0, 0.1) is 17.8 Å². The molecule has 2 heterocycles. The summed E-state index contributed by atoms with van der Waals surface area (Å²) in [7, 11) is 2.33. The van der Waals surface area contributed by atoms with E-state index in [0.717, 1.165) is 36.9 Å². The third-order valence-corrected chi connectivity index (χ3v) is 5.52. The number of nitrogens with zero attached hydrogens (tertiary/aromatic N) is 2. The summed E-state index contributed by atoms with van der Waals surface area (Å²) in [5.74, 6) is 2.39. The van der Waals surface area contributed by atoms with Gasteiger partial charge in [0, 0.05) is 31.7 Å². The quantitative estimate of drug-likeness (QED) is 0.813. The van der Waals surface area contributed by atoms with Crippen LogP contribution in [-0.2, 0) is 0 Å². The van der Waals surface area contributed by atoms with Gasteiger partial charge in [-0.15, -0.1) is 0 Å². The van der Waals surface area contributed by atoms with Crippen molar-refractivity contribution in [2.45, 2.75) is 59.0 Å². The molecule has 3 heteroatoms. The fourth-order valence-electron chi connectivity index (χ4n) is 4.29. The largest absolute Gasteiger partial charge is 0.315 e. The van der Waals surface area contributed by atoms with Crippen molar-refractivity contribution < 1.29 is 0 Å². The van der Waals surface area contributed by atoms with Crippen molar-refractivity contribution in [3.05, 3.63) is 0 Å². The highest BCUT2D eigenvalue weighted by Crippen LogP contribution is 2.31. The Labute approximate surface area is 132 Å². The molecule has 0 aromatic carbocycles. The van der Waals surface area contributed by atoms with Crippen LogP contribution in [0.4, 0.5) is 0 Å². The molecule has 0 radical (unpaired) electrons. The van der Waals surface area contributed by atoms with Crippen molar-refractivity contribution in [1.82, 2.24) is 15.1 Å². The molecule has 2 aliphatic rings. The Balaban J connectivity index is 1.89. The van der Waals surface area contributed by atoms with E-state index in [-0.39, 0.29) is 0 Å². The number of likely N-dealkylation sites (tertiary alicyclic amines) is 2. The molecule has 0 aliphatic carbocycles. The third-order valence-electron chi connectivity index (χ3n) is 5.52. The first kappa shape index (κ1) is 17.2. The van der Waals surface area contributed by atoms with Gasteiger partial charge in [-0.25, -0.2) is 0 Å². The average Bonchev–Trinajstić information content (AvgIpc) is 2.43. The maximum atomic E-state index is 3.69. The van der Waals surface area contributed by atoms with Crippen molar-refractivity contribution in [2.75, 3.05) is 39.8 Å². The van der Waals surface area contributed by atoms with Gasteiger partial charge in [0.05, 0.1) is 0 Å².